The number of aryl methyl sites for hydroxylation is 2. The largest absolute Gasteiger partial charge is 0.493 e. The van der Waals surface area contributed by atoms with Gasteiger partial charge >= 0.3 is 6.61 Å². The van der Waals surface area contributed by atoms with Gasteiger partial charge in [-0.25, -0.2) is 0 Å². The number of alkyl halides is 2. The number of allylic oxidation sites excluding steroid dienone is 1. The molecule has 2 aromatic rings. The Morgan fingerprint density at radius 2 is 1.88 bits per heavy atom. The lowest BCUT2D eigenvalue weighted by Gasteiger charge is -2.10. The van der Waals surface area contributed by atoms with E-state index in [-0.39, 0.29) is 11.5 Å². The Morgan fingerprint density at radius 3 is 2.48 bits per heavy atom. The molecule has 0 aromatic heterocycles. The molecular formula is C19H17F2NO2S. The average Bonchev–Trinajstić information content (AvgIpc) is 2.58. The van der Waals surface area contributed by atoms with E-state index in [2.05, 4.69) is 10.8 Å². The lowest BCUT2D eigenvalue weighted by atomic mass is 10.1. The van der Waals surface area contributed by atoms with Gasteiger partial charge in [-0.3, -0.25) is 0 Å². The number of halogens is 2. The van der Waals surface area contributed by atoms with E-state index in [4.69, 9.17) is 4.74 Å². The molecule has 0 spiro atoms. The number of nitriles is 1. The zero-order valence-electron chi connectivity index (χ0n) is 14.0. The van der Waals surface area contributed by atoms with Crippen LogP contribution in [0.4, 0.5) is 8.78 Å². The number of rotatable bonds is 6. The molecule has 0 aliphatic carbocycles. The summed E-state index contributed by atoms with van der Waals surface area (Å²) >= 11 is 1.34. The van der Waals surface area contributed by atoms with Crippen molar-refractivity contribution in [1.29, 1.82) is 5.26 Å². The van der Waals surface area contributed by atoms with Gasteiger partial charge in [0.25, 0.3) is 0 Å². The summed E-state index contributed by atoms with van der Waals surface area (Å²) in [6.07, 6.45) is 1.68. The minimum absolute atomic E-state index is 0.0463. The van der Waals surface area contributed by atoms with Gasteiger partial charge in [0.05, 0.1) is 12.0 Å². The third kappa shape index (κ3) is 5.23. The van der Waals surface area contributed by atoms with Crippen molar-refractivity contribution in [3.05, 3.63) is 58.0 Å². The van der Waals surface area contributed by atoms with Crippen LogP contribution in [0.25, 0.3) is 6.08 Å². The Balaban J connectivity index is 2.26. The second-order valence-electron chi connectivity index (χ2n) is 5.26. The van der Waals surface area contributed by atoms with Crippen LogP contribution >= 0.6 is 11.8 Å². The molecule has 0 radical (unpaired) electrons. The minimum atomic E-state index is -2.93. The second kappa shape index (κ2) is 8.54. The maximum absolute atomic E-state index is 12.4. The standard InChI is InChI=1S/C19H17F2NO2S/c1-12-4-6-15(8-13(12)2)25-16(11-22)9-14-5-7-17(24-19(20)21)18(10-14)23-3/h4-10,19H,1-3H3. The Bertz CT molecular complexity index is 829. The number of thioether (sulfide) groups is 1. The fraction of sp³-hybridized carbons (Fsp3) is 0.211. The molecule has 0 atom stereocenters. The zero-order chi connectivity index (χ0) is 18.4. The zero-order valence-corrected chi connectivity index (χ0v) is 14.9. The van der Waals surface area contributed by atoms with Crippen molar-refractivity contribution in [2.75, 3.05) is 7.11 Å². The van der Waals surface area contributed by atoms with Crippen molar-refractivity contribution in [1.82, 2.24) is 0 Å². The number of benzene rings is 2. The number of methoxy groups -OCH3 is 1. The predicted molar refractivity (Wildman–Crippen MR) is 95.0 cm³/mol. The quantitative estimate of drug-likeness (QED) is 0.498. The first-order chi connectivity index (χ1) is 11.9. The number of hydrogen-bond donors (Lipinski definition) is 0. The topological polar surface area (TPSA) is 42.2 Å². The third-order valence-corrected chi connectivity index (χ3v) is 4.44. The van der Waals surface area contributed by atoms with Crippen LogP contribution in [0.2, 0.25) is 0 Å². The van der Waals surface area contributed by atoms with Crippen LogP contribution in [0.1, 0.15) is 16.7 Å². The van der Waals surface area contributed by atoms with E-state index >= 15 is 0 Å². The number of ether oxygens (including phenoxy) is 2. The molecule has 6 heteroatoms. The van der Waals surface area contributed by atoms with Gasteiger partial charge in [0.15, 0.2) is 11.5 Å². The highest BCUT2D eigenvalue weighted by molar-refractivity contribution is 8.03. The Kier molecular flexibility index (Phi) is 6.43. The first kappa shape index (κ1) is 18.8. The van der Waals surface area contributed by atoms with Crippen LogP contribution in [0.5, 0.6) is 11.5 Å². The fourth-order valence-corrected chi connectivity index (χ4v) is 2.97. The molecule has 25 heavy (non-hydrogen) atoms. The SMILES string of the molecule is COc1cc(C=C(C#N)Sc2ccc(C)c(C)c2)ccc1OC(F)F. The molecule has 0 heterocycles. The van der Waals surface area contributed by atoms with Gasteiger partial charge < -0.3 is 9.47 Å². The Hall–Kier alpha value is -2.52. The summed E-state index contributed by atoms with van der Waals surface area (Å²) in [5, 5.41) is 9.38. The first-order valence-corrected chi connectivity index (χ1v) is 8.24. The maximum Gasteiger partial charge on any atom is 0.387 e. The molecule has 0 saturated carbocycles. The molecule has 0 aliphatic rings. The van der Waals surface area contributed by atoms with Crippen molar-refractivity contribution in [3.63, 3.8) is 0 Å². The predicted octanol–water partition coefficient (Wildman–Crippen LogP) is 5.57. The molecule has 2 aromatic carbocycles. The fourth-order valence-electron chi connectivity index (χ4n) is 2.11. The molecule has 0 fully saturated rings. The second-order valence-corrected chi connectivity index (χ2v) is 6.37. The lowest BCUT2D eigenvalue weighted by Crippen LogP contribution is -2.03. The highest BCUT2D eigenvalue weighted by Crippen LogP contribution is 2.33. The smallest absolute Gasteiger partial charge is 0.387 e. The van der Waals surface area contributed by atoms with E-state index < -0.39 is 6.61 Å². The van der Waals surface area contributed by atoms with E-state index in [1.807, 2.05) is 32.0 Å². The molecule has 0 amide bonds. The molecule has 0 aliphatic heterocycles. The number of nitrogens with zero attached hydrogens (tertiary/aromatic N) is 1. The van der Waals surface area contributed by atoms with Crippen molar-refractivity contribution in [2.45, 2.75) is 25.4 Å². The molecule has 3 nitrogen and oxygen atoms in total. The molecule has 0 saturated heterocycles. The number of hydrogen-bond acceptors (Lipinski definition) is 4. The summed E-state index contributed by atoms with van der Waals surface area (Å²) in [6, 6.07) is 12.7. The van der Waals surface area contributed by atoms with Gasteiger partial charge in [-0.05, 0) is 60.9 Å². The lowest BCUT2D eigenvalue weighted by molar-refractivity contribution is -0.0512. The summed E-state index contributed by atoms with van der Waals surface area (Å²) < 4.78 is 34.2. The summed E-state index contributed by atoms with van der Waals surface area (Å²) in [5.41, 5.74) is 3.00. The van der Waals surface area contributed by atoms with Crippen molar-refractivity contribution < 1.29 is 18.3 Å². The minimum Gasteiger partial charge on any atom is -0.493 e. The Morgan fingerprint density at radius 1 is 1.12 bits per heavy atom. The van der Waals surface area contributed by atoms with Gasteiger partial charge in [0, 0.05) is 4.90 Å². The normalized spacial score (nSPS) is 11.3. The van der Waals surface area contributed by atoms with Gasteiger partial charge in [-0.15, -0.1) is 0 Å². The van der Waals surface area contributed by atoms with E-state index in [0.29, 0.717) is 10.5 Å². The van der Waals surface area contributed by atoms with E-state index in [1.165, 1.54) is 30.5 Å². The summed E-state index contributed by atoms with van der Waals surface area (Å²) in [5.74, 6) is 0.137. The van der Waals surface area contributed by atoms with Gasteiger partial charge in [0.1, 0.15) is 6.07 Å². The molecule has 0 unspecified atom stereocenters. The van der Waals surface area contributed by atoms with Gasteiger partial charge in [-0.1, -0.05) is 23.9 Å². The van der Waals surface area contributed by atoms with Gasteiger partial charge in [0.2, 0.25) is 0 Å². The van der Waals surface area contributed by atoms with Crippen molar-refractivity contribution >= 4 is 17.8 Å². The maximum atomic E-state index is 12.4. The molecule has 130 valence electrons. The van der Waals surface area contributed by atoms with E-state index in [1.54, 1.807) is 18.2 Å². The average molecular weight is 361 g/mol. The first-order valence-electron chi connectivity index (χ1n) is 7.42. The van der Waals surface area contributed by atoms with Crippen LogP contribution in [0.3, 0.4) is 0 Å². The summed E-state index contributed by atoms with van der Waals surface area (Å²) in [7, 11) is 1.37. The van der Waals surface area contributed by atoms with Crippen LogP contribution < -0.4 is 9.47 Å². The molecule has 0 bridgehead atoms. The van der Waals surface area contributed by atoms with Crippen LogP contribution in [-0.2, 0) is 0 Å². The monoisotopic (exact) mass is 361 g/mol. The Labute approximate surface area is 149 Å². The third-order valence-electron chi connectivity index (χ3n) is 3.52. The van der Waals surface area contributed by atoms with Crippen LogP contribution in [0.15, 0.2) is 46.2 Å². The molecule has 0 N–H and O–H groups in total. The van der Waals surface area contributed by atoms with Gasteiger partial charge in [-0.2, -0.15) is 14.0 Å². The van der Waals surface area contributed by atoms with Crippen molar-refractivity contribution in [3.8, 4) is 17.6 Å². The molecule has 2 rings (SSSR count). The summed E-state index contributed by atoms with van der Waals surface area (Å²) in [6.45, 7) is 1.12. The molecular weight excluding hydrogens is 344 g/mol. The van der Waals surface area contributed by atoms with E-state index in [9.17, 15) is 14.0 Å². The highest BCUT2D eigenvalue weighted by atomic mass is 32.2. The highest BCUT2D eigenvalue weighted by Gasteiger charge is 2.11. The van der Waals surface area contributed by atoms with Crippen molar-refractivity contribution in [2.24, 2.45) is 0 Å². The van der Waals surface area contributed by atoms with Crippen LogP contribution in [0, 0.1) is 25.2 Å². The van der Waals surface area contributed by atoms with Crippen LogP contribution in [-0.4, -0.2) is 13.7 Å². The van der Waals surface area contributed by atoms with E-state index in [0.717, 1.165) is 10.5 Å². The summed E-state index contributed by atoms with van der Waals surface area (Å²) in [4.78, 5) is 1.44.